The van der Waals surface area contributed by atoms with E-state index in [-0.39, 0.29) is 6.61 Å². The topological polar surface area (TPSA) is 119 Å². The van der Waals surface area contributed by atoms with Gasteiger partial charge in [-0.15, -0.1) is 0 Å². The highest BCUT2D eigenvalue weighted by molar-refractivity contribution is 5.88. The van der Waals surface area contributed by atoms with Crippen molar-refractivity contribution < 1.29 is 24.2 Å². The lowest BCUT2D eigenvalue weighted by Crippen LogP contribution is -2.45. The molecule has 0 radical (unpaired) electrons. The number of ether oxygens (including phenoxy) is 1. The van der Waals surface area contributed by atoms with Gasteiger partial charge >= 0.3 is 5.97 Å². The number of carboxylic acid groups (broad SMARTS) is 1. The Morgan fingerprint density at radius 1 is 1.33 bits per heavy atom. The Morgan fingerprint density at radius 2 is 2.00 bits per heavy atom. The number of carbonyl (C=O) groups excluding carboxylic acids is 2. The zero-order chi connectivity index (χ0) is 16.0. The van der Waals surface area contributed by atoms with Gasteiger partial charge in [0.1, 0.15) is 11.8 Å². The van der Waals surface area contributed by atoms with Crippen LogP contribution in [0, 0.1) is 13.8 Å². The van der Waals surface area contributed by atoms with E-state index in [0.717, 1.165) is 11.1 Å². The Bertz CT molecular complexity index is 556. The molecule has 0 heterocycles. The Hall–Kier alpha value is -2.57. The smallest absolute Gasteiger partial charge is 0.326 e. The van der Waals surface area contributed by atoms with Crippen LogP contribution in [0.3, 0.4) is 0 Å². The van der Waals surface area contributed by atoms with Gasteiger partial charge in [0, 0.05) is 0 Å². The molecule has 114 valence electrons. The number of carboxylic acids is 1. The first-order chi connectivity index (χ1) is 9.79. The van der Waals surface area contributed by atoms with Crippen LogP contribution in [-0.2, 0) is 14.4 Å². The number of aryl methyl sites for hydroxylation is 2. The second kappa shape index (κ2) is 7.28. The fraction of sp³-hybridized carbons (Fsp3) is 0.357. The lowest BCUT2D eigenvalue weighted by atomic mass is 10.1. The Labute approximate surface area is 122 Å². The average molecular weight is 294 g/mol. The molecule has 7 heteroatoms. The van der Waals surface area contributed by atoms with Gasteiger partial charge in [-0.25, -0.2) is 4.79 Å². The minimum absolute atomic E-state index is 0.341. The predicted molar refractivity (Wildman–Crippen MR) is 74.8 cm³/mol. The molecule has 4 N–H and O–H groups in total. The molecule has 0 spiro atoms. The summed E-state index contributed by atoms with van der Waals surface area (Å²) < 4.78 is 5.32. The van der Waals surface area contributed by atoms with Gasteiger partial charge in [0.25, 0.3) is 5.91 Å². The molecule has 1 aromatic rings. The summed E-state index contributed by atoms with van der Waals surface area (Å²) in [5.41, 5.74) is 6.86. The molecule has 0 aliphatic heterocycles. The number of aliphatic carboxylic acids is 1. The lowest BCUT2D eigenvalue weighted by molar-refractivity contribution is -0.143. The number of nitrogens with one attached hydrogen (secondary N) is 1. The molecule has 21 heavy (non-hydrogen) atoms. The summed E-state index contributed by atoms with van der Waals surface area (Å²) in [7, 11) is 0. The monoisotopic (exact) mass is 294 g/mol. The molecule has 0 aliphatic rings. The van der Waals surface area contributed by atoms with Gasteiger partial charge in [-0.1, -0.05) is 17.7 Å². The van der Waals surface area contributed by atoms with Crippen LogP contribution in [0.2, 0.25) is 0 Å². The number of benzene rings is 1. The number of carbonyl (C=O) groups is 3. The maximum Gasteiger partial charge on any atom is 0.326 e. The van der Waals surface area contributed by atoms with Gasteiger partial charge in [-0.3, -0.25) is 9.59 Å². The van der Waals surface area contributed by atoms with Crippen molar-refractivity contribution in [2.24, 2.45) is 5.73 Å². The van der Waals surface area contributed by atoms with Crippen LogP contribution in [0.4, 0.5) is 0 Å². The number of primary amides is 1. The van der Waals surface area contributed by atoms with Crippen molar-refractivity contribution in [2.45, 2.75) is 26.3 Å². The zero-order valence-corrected chi connectivity index (χ0v) is 11.9. The van der Waals surface area contributed by atoms with Crippen molar-refractivity contribution in [1.29, 1.82) is 0 Å². The van der Waals surface area contributed by atoms with Gasteiger partial charge in [-0.2, -0.15) is 0 Å². The molecule has 7 nitrogen and oxygen atoms in total. The fourth-order valence-electron chi connectivity index (χ4n) is 1.74. The van der Waals surface area contributed by atoms with E-state index in [9.17, 15) is 14.4 Å². The number of rotatable bonds is 7. The van der Waals surface area contributed by atoms with E-state index in [0.29, 0.717) is 5.75 Å². The maximum absolute atomic E-state index is 11.6. The van der Waals surface area contributed by atoms with Gasteiger partial charge in [0.2, 0.25) is 5.91 Å². The van der Waals surface area contributed by atoms with E-state index in [4.69, 9.17) is 15.6 Å². The Balaban J connectivity index is 2.56. The number of nitrogens with two attached hydrogens (primary N) is 1. The summed E-state index contributed by atoms with van der Waals surface area (Å²) in [6.07, 6.45) is -0.468. The van der Waals surface area contributed by atoms with Gasteiger partial charge in [-0.05, 0) is 25.5 Å². The minimum atomic E-state index is -1.35. The van der Waals surface area contributed by atoms with Crippen molar-refractivity contribution in [3.05, 3.63) is 29.3 Å². The summed E-state index contributed by atoms with van der Waals surface area (Å²) in [5.74, 6) is -2.23. The number of hydrogen-bond donors (Lipinski definition) is 3. The van der Waals surface area contributed by atoms with E-state index in [1.165, 1.54) is 0 Å². The third-order valence-electron chi connectivity index (χ3n) is 2.73. The van der Waals surface area contributed by atoms with Crippen LogP contribution in [0.5, 0.6) is 5.75 Å². The van der Waals surface area contributed by atoms with Crippen molar-refractivity contribution >= 4 is 17.8 Å². The second-order valence-corrected chi connectivity index (χ2v) is 4.69. The molecule has 2 amide bonds. The summed E-state index contributed by atoms with van der Waals surface area (Å²) in [6, 6.07) is 4.13. The molecule has 0 fully saturated rings. The van der Waals surface area contributed by atoms with Gasteiger partial charge < -0.3 is 20.9 Å². The van der Waals surface area contributed by atoms with Crippen LogP contribution >= 0.6 is 0 Å². The van der Waals surface area contributed by atoms with E-state index < -0.39 is 30.2 Å². The SMILES string of the molecule is Cc1ccc(OCC(=O)NC(CC(N)=O)C(=O)O)c(C)c1. The molecule has 0 bridgehead atoms. The third-order valence-corrected chi connectivity index (χ3v) is 2.73. The molecule has 1 rings (SSSR count). The van der Waals surface area contributed by atoms with Crippen molar-refractivity contribution in [3.8, 4) is 5.75 Å². The molecule has 1 aromatic carbocycles. The number of hydrogen-bond acceptors (Lipinski definition) is 4. The molecule has 1 atom stereocenters. The highest BCUT2D eigenvalue weighted by Gasteiger charge is 2.22. The average Bonchev–Trinajstić information content (AvgIpc) is 2.36. The van der Waals surface area contributed by atoms with Crippen LogP contribution in [0.1, 0.15) is 17.5 Å². The molecule has 1 unspecified atom stereocenters. The Kier molecular flexibility index (Phi) is 5.71. The normalized spacial score (nSPS) is 11.5. The van der Waals surface area contributed by atoms with E-state index in [1.54, 1.807) is 6.07 Å². The van der Waals surface area contributed by atoms with Gasteiger partial charge in [0.15, 0.2) is 6.61 Å². The first-order valence-electron chi connectivity index (χ1n) is 6.30. The van der Waals surface area contributed by atoms with E-state index in [2.05, 4.69) is 5.32 Å². The zero-order valence-electron chi connectivity index (χ0n) is 11.9. The molecule has 0 saturated carbocycles. The standard InChI is InChI=1S/C14H18N2O5/c1-8-3-4-11(9(2)5-8)21-7-13(18)16-10(14(19)20)6-12(15)17/h3-5,10H,6-7H2,1-2H3,(H2,15,17)(H,16,18)(H,19,20). The largest absolute Gasteiger partial charge is 0.484 e. The molecule has 0 saturated heterocycles. The lowest BCUT2D eigenvalue weighted by Gasteiger charge is -2.14. The maximum atomic E-state index is 11.6. The third kappa shape index (κ3) is 5.52. The fourth-order valence-corrected chi connectivity index (χ4v) is 1.74. The first-order valence-corrected chi connectivity index (χ1v) is 6.30. The van der Waals surface area contributed by atoms with Gasteiger partial charge in [0.05, 0.1) is 6.42 Å². The quantitative estimate of drug-likeness (QED) is 0.660. The van der Waals surface area contributed by atoms with Crippen molar-refractivity contribution in [2.75, 3.05) is 6.61 Å². The summed E-state index contributed by atoms with van der Waals surface area (Å²) in [5, 5.41) is 11.1. The van der Waals surface area contributed by atoms with Crippen LogP contribution in [0.15, 0.2) is 18.2 Å². The summed E-state index contributed by atoms with van der Waals surface area (Å²) in [4.78, 5) is 33.2. The van der Waals surface area contributed by atoms with E-state index in [1.807, 2.05) is 26.0 Å². The summed E-state index contributed by atoms with van der Waals surface area (Å²) >= 11 is 0. The summed E-state index contributed by atoms with van der Waals surface area (Å²) in [6.45, 7) is 3.44. The van der Waals surface area contributed by atoms with Crippen LogP contribution in [-0.4, -0.2) is 35.5 Å². The van der Waals surface area contributed by atoms with Crippen molar-refractivity contribution in [3.63, 3.8) is 0 Å². The number of amides is 2. The minimum Gasteiger partial charge on any atom is -0.484 e. The molecule has 0 aliphatic carbocycles. The molecular weight excluding hydrogens is 276 g/mol. The van der Waals surface area contributed by atoms with E-state index >= 15 is 0 Å². The van der Waals surface area contributed by atoms with Crippen LogP contribution < -0.4 is 15.8 Å². The van der Waals surface area contributed by atoms with Crippen LogP contribution in [0.25, 0.3) is 0 Å². The molecular formula is C14H18N2O5. The first kappa shape index (κ1) is 16.5. The van der Waals surface area contributed by atoms with Crippen molar-refractivity contribution in [1.82, 2.24) is 5.32 Å². The highest BCUT2D eigenvalue weighted by atomic mass is 16.5. The molecule has 0 aromatic heterocycles. The second-order valence-electron chi connectivity index (χ2n) is 4.69. The predicted octanol–water partition coefficient (Wildman–Crippen LogP) is 0.127. The Morgan fingerprint density at radius 3 is 2.52 bits per heavy atom. The highest BCUT2D eigenvalue weighted by Crippen LogP contribution is 2.18.